The highest BCUT2D eigenvalue weighted by Crippen LogP contribution is 2.34. The normalized spacial score (nSPS) is 18.7. The predicted octanol–water partition coefficient (Wildman–Crippen LogP) is 2.32. The predicted molar refractivity (Wildman–Crippen MR) is 72.3 cm³/mol. The zero-order valence-electron chi connectivity index (χ0n) is 10.6. The summed E-state index contributed by atoms with van der Waals surface area (Å²) in [6.07, 6.45) is 3.87. The van der Waals surface area contributed by atoms with Crippen molar-refractivity contribution in [1.82, 2.24) is 9.88 Å². The van der Waals surface area contributed by atoms with E-state index >= 15 is 0 Å². The number of nitrogens with zero attached hydrogens (tertiary/aromatic N) is 2. The van der Waals surface area contributed by atoms with Crippen LogP contribution in [0.4, 0.5) is 0 Å². The van der Waals surface area contributed by atoms with Crippen LogP contribution in [-0.2, 0) is 12.5 Å². The molecule has 0 radical (unpaired) electrons. The zero-order valence-corrected chi connectivity index (χ0v) is 10.6. The number of aromatic nitrogens is 1. The largest absolute Gasteiger partial charge is 0.351 e. The molecule has 1 fully saturated rings. The van der Waals surface area contributed by atoms with Crippen molar-refractivity contribution in [2.75, 3.05) is 13.1 Å². The van der Waals surface area contributed by atoms with Crippen molar-refractivity contribution >= 4 is 10.9 Å². The fraction of sp³-hybridized carbons (Fsp3) is 0.400. The molecule has 1 aliphatic rings. The lowest BCUT2D eigenvalue weighted by Crippen LogP contribution is -2.38. The van der Waals surface area contributed by atoms with Gasteiger partial charge in [-0.25, -0.2) is 0 Å². The number of piperidine rings is 1. The molecule has 1 aromatic carbocycles. The van der Waals surface area contributed by atoms with E-state index in [1.54, 1.807) is 0 Å². The molecule has 18 heavy (non-hydrogen) atoms. The summed E-state index contributed by atoms with van der Waals surface area (Å²) in [6.45, 7) is 1.86. The van der Waals surface area contributed by atoms with E-state index in [2.05, 4.69) is 46.4 Å². The second kappa shape index (κ2) is 4.15. The van der Waals surface area contributed by atoms with Crippen LogP contribution in [-0.4, -0.2) is 17.7 Å². The minimum atomic E-state index is -0.302. The summed E-state index contributed by atoms with van der Waals surface area (Å²) in [4.78, 5) is 0. The highest BCUT2D eigenvalue weighted by molar-refractivity contribution is 5.81. The smallest absolute Gasteiger partial charge is 0.0847 e. The molecule has 0 spiro atoms. The number of hydrogen-bond donors (Lipinski definition) is 1. The minimum absolute atomic E-state index is 0.302. The molecule has 2 aromatic rings. The van der Waals surface area contributed by atoms with E-state index < -0.39 is 0 Å². The fourth-order valence-corrected chi connectivity index (χ4v) is 2.88. The van der Waals surface area contributed by atoms with Gasteiger partial charge in [-0.05, 0) is 49.0 Å². The molecule has 0 unspecified atom stereocenters. The summed E-state index contributed by atoms with van der Waals surface area (Å²) in [5.74, 6) is 0. The standard InChI is InChI=1S/C15H17N3/c1-18-9-4-12-2-3-13(10-14(12)18)15(11-16)5-7-17-8-6-15/h2-4,9-10,17H,5-8H2,1H3. The molecule has 3 heteroatoms. The molecule has 1 aliphatic heterocycles. The van der Waals surface area contributed by atoms with Crippen LogP contribution in [0.1, 0.15) is 18.4 Å². The minimum Gasteiger partial charge on any atom is -0.351 e. The maximum atomic E-state index is 9.60. The molecular weight excluding hydrogens is 222 g/mol. The van der Waals surface area contributed by atoms with Crippen LogP contribution in [0.5, 0.6) is 0 Å². The molecule has 0 atom stereocenters. The number of nitriles is 1. The van der Waals surface area contributed by atoms with E-state index in [-0.39, 0.29) is 5.41 Å². The lowest BCUT2D eigenvalue weighted by atomic mass is 9.74. The van der Waals surface area contributed by atoms with Gasteiger partial charge in [0.15, 0.2) is 0 Å². The lowest BCUT2D eigenvalue weighted by molar-refractivity contribution is 0.383. The summed E-state index contributed by atoms with van der Waals surface area (Å²) in [6, 6.07) is 11.1. The molecular formula is C15H17N3. The van der Waals surface area contributed by atoms with Gasteiger partial charge in [0.05, 0.1) is 11.5 Å². The topological polar surface area (TPSA) is 40.8 Å². The number of nitrogens with one attached hydrogen (secondary N) is 1. The van der Waals surface area contributed by atoms with E-state index in [0.717, 1.165) is 25.9 Å². The van der Waals surface area contributed by atoms with Crippen molar-refractivity contribution in [3.63, 3.8) is 0 Å². The highest BCUT2D eigenvalue weighted by Gasteiger charge is 2.34. The SMILES string of the molecule is Cn1ccc2ccc(C3(C#N)CCNCC3)cc21. The van der Waals surface area contributed by atoms with E-state index in [1.165, 1.54) is 16.5 Å². The van der Waals surface area contributed by atoms with Gasteiger partial charge in [-0.2, -0.15) is 5.26 Å². The zero-order chi connectivity index (χ0) is 12.6. The second-order valence-corrected chi connectivity index (χ2v) is 5.14. The first-order valence-corrected chi connectivity index (χ1v) is 6.43. The number of rotatable bonds is 1. The molecule has 2 heterocycles. The first-order valence-electron chi connectivity index (χ1n) is 6.43. The van der Waals surface area contributed by atoms with Crippen LogP contribution in [0.25, 0.3) is 10.9 Å². The van der Waals surface area contributed by atoms with Crippen LogP contribution in [0.2, 0.25) is 0 Å². The monoisotopic (exact) mass is 239 g/mol. The lowest BCUT2D eigenvalue weighted by Gasteiger charge is -2.31. The fourth-order valence-electron chi connectivity index (χ4n) is 2.88. The van der Waals surface area contributed by atoms with Crippen molar-refractivity contribution in [2.24, 2.45) is 7.05 Å². The van der Waals surface area contributed by atoms with Gasteiger partial charge in [-0.15, -0.1) is 0 Å². The van der Waals surface area contributed by atoms with Gasteiger partial charge in [-0.3, -0.25) is 0 Å². The summed E-state index contributed by atoms with van der Waals surface area (Å²) in [5, 5.41) is 14.2. The Hall–Kier alpha value is -1.79. The molecule has 0 amide bonds. The second-order valence-electron chi connectivity index (χ2n) is 5.14. The van der Waals surface area contributed by atoms with Crippen molar-refractivity contribution in [1.29, 1.82) is 5.26 Å². The van der Waals surface area contributed by atoms with Gasteiger partial charge in [0, 0.05) is 18.8 Å². The Morgan fingerprint density at radius 1 is 1.28 bits per heavy atom. The molecule has 0 saturated carbocycles. The summed E-state index contributed by atoms with van der Waals surface area (Å²) in [7, 11) is 2.05. The van der Waals surface area contributed by atoms with Crippen LogP contribution in [0.15, 0.2) is 30.5 Å². The molecule has 1 N–H and O–H groups in total. The van der Waals surface area contributed by atoms with Crippen molar-refractivity contribution < 1.29 is 0 Å². The Balaban J connectivity index is 2.12. The molecule has 92 valence electrons. The van der Waals surface area contributed by atoms with Gasteiger partial charge in [0.1, 0.15) is 0 Å². The van der Waals surface area contributed by atoms with Crippen molar-refractivity contribution in [2.45, 2.75) is 18.3 Å². The molecule has 3 rings (SSSR count). The average molecular weight is 239 g/mol. The molecule has 0 bridgehead atoms. The van der Waals surface area contributed by atoms with Gasteiger partial charge >= 0.3 is 0 Å². The van der Waals surface area contributed by atoms with Gasteiger partial charge in [0.25, 0.3) is 0 Å². The van der Waals surface area contributed by atoms with E-state index in [9.17, 15) is 5.26 Å². The van der Waals surface area contributed by atoms with Crippen LogP contribution >= 0.6 is 0 Å². The van der Waals surface area contributed by atoms with Crippen LogP contribution in [0.3, 0.4) is 0 Å². The van der Waals surface area contributed by atoms with E-state index in [1.807, 2.05) is 7.05 Å². The van der Waals surface area contributed by atoms with Crippen LogP contribution in [0, 0.1) is 11.3 Å². The third-order valence-corrected chi connectivity index (χ3v) is 4.11. The maximum absolute atomic E-state index is 9.60. The van der Waals surface area contributed by atoms with Gasteiger partial charge in [0.2, 0.25) is 0 Å². The van der Waals surface area contributed by atoms with Crippen molar-refractivity contribution in [3.05, 3.63) is 36.0 Å². The average Bonchev–Trinajstić information content (AvgIpc) is 2.81. The summed E-state index contributed by atoms with van der Waals surface area (Å²) >= 11 is 0. The molecule has 1 saturated heterocycles. The number of aryl methyl sites for hydroxylation is 1. The van der Waals surface area contributed by atoms with Gasteiger partial charge in [-0.1, -0.05) is 12.1 Å². The Kier molecular flexibility index (Phi) is 2.61. The van der Waals surface area contributed by atoms with Gasteiger partial charge < -0.3 is 9.88 Å². The van der Waals surface area contributed by atoms with Crippen LogP contribution < -0.4 is 5.32 Å². The third kappa shape index (κ3) is 1.61. The number of benzene rings is 1. The summed E-state index contributed by atoms with van der Waals surface area (Å²) < 4.78 is 2.12. The number of fused-ring (bicyclic) bond motifs is 1. The molecule has 1 aromatic heterocycles. The Morgan fingerprint density at radius 2 is 2.06 bits per heavy atom. The van der Waals surface area contributed by atoms with Crippen molar-refractivity contribution in [3.8, 4) is 6.07 Å². The molecule has 0 aliphatic carbocycles. The summed E-state index contributed by atoms with van der Waals surface area (Å²) in [5.41, 5.74) is 2.07. The first-order chi connectivity index (χ1) is 8.75. The van der Waals surface area contributed by atoms with E-state index in [4.69, 9.17) is 0 Å². The molecule has 3 nitrogen and oxygen atoms in total. The first kappa shape index (κ1) is 11.3. The highest BCUT2D eigenvalue weighted by atomic mass is 14.9. The quantitative estimate of drug-likeness (QED) is 0.829. The maximum Gasteiger partial charge on any atom is 0.0847 e. The van der Waals surface area contributed by atoms with E-state index in [0.29, 0.717) is 0 Å². The Morgan fingerprint density at radius 3 is 2.78 bits per heavy atom. The Bertz CT molecular complexity index is 612. The third-order valence-electron chi connectivity index (χ3n) is 4.11. The number of hydrogen-bond acceptors (Lipinski definition) is 2. The Labute approximate surface area is 107 Å².